The van der Waals surface area contributed by atoms with Crippen LogP contribution in [-0.2, 0) is 4.79 Å². The molecule has 108 valence electrons. The van der Waals surface area contributed by atoms with Crippen LogP contribution in [0.5, 0.6) is 0 Å². The molecule has 1 aliphatic carbocycles. The number of rotatable bonds is 5. The fraction of sp³-hybridized carbons (Fsp3) is 0.800. The van der Waals surface area contributed by atoms with E-state index in [9.17, 15) is 9.90 Å². The number of aliphatic hydroxyl groups excluding tert-OH is 1. The van der Waals surface area contributed by atoms with Crippen molar-refractivity contribution in [3.05, 3.63) is 12.2 Å². The molecular formula is C15H26N2O2. The van der Waals surface area contributed by atoms with E-state index in [0.717, 1.165) is 38.0 Å². The van der Waals surface area contributed by atoms with E-state index in [4.69, 9.17) is 0 Å². The van der Waals surface area contributed by atoms with Crippen molar-refractivity contribution in [1.29, 1.82) is 0 Å². The standard InChI is InChI=1S/C15H26N2O2/c1-4-17(7-11(2)3)15(19)10-16-8-12-5-6-14(18)13(12)9-16/h12-14,18H,2,4-10H2,1,3H3. The molecule has 3 unspecified atom stereocenters. The lowest BCUT2D eigenvalue weighted by molar-refractivity contribution is -0.131. The summed E-state index contributed by atoms with van der Waals surface area (Å²) in [5.41, 5.74) is 1.02. The number of carbonyl (C=O) groups is 1. The Morgan fingerprint density at radius 2 is 2.16 bits per heavy atom. The normalized spacial score (nSPS) is 30.4. The van der Waals surface area contributed by atoms with E-state index in [1.807, 2.05) is 18.7 Å². The molecule has 1 amide bonds. The molecule has 2 aliphatic rings. The molecule has 0 aromatic rings. The number of likely N-dealkylation sites (N-methyl/N-ethyl adjacent to an activating group) is 1. The molecule has 19 heavy (non-hydrogen) atoms. The lowest BCUT2D eigenvalue weighted by atomic mass is 10.00. The average Bonchev–Trinajstić information content (AvgIpc) is 2.88. The van der Waals surface area contributed by atoms with Gasteiger partial charge in [-0.25, -0.2) is 0 Å². The molecule has 2 rings (SSSR count). The van der Waals surface area contributed by atoms with E-state index < -0.39 is 0 Å². The molecule has 0 aromatic carbocycles. The van der Waals surface area contributed by atoms with Gasteiger partial charge in [-0.1, -0.05) is 12.2 Å². The molecule has 0 spiro atoms. The van der Waals surface area contributed by atoms with Gasteiger partial charge in [0.05, 0.1) is 12.6 Å². The van der Waals surface area contributed by atoms with E-state index >= 15 is 0 Å². The highest BCUT2D eigenvalue weighted by Crippen LogP contribution is 2.37. The summed E-state index contributed by atoms with van der Waals surface area (Å²) >= 11 is 0. The smallest absolute Gasteiger partial charge is 0.237 e. The van der Waals surface area contributed by atoms with Crippen molar-refractivity contribution in [2.45, 2.75) is 32.8 Å². The first-order valence-electron chi connectivity index (χ1n) is 7.33. The molecule has 4 nitrogen and oxygen atoms in total. The fourth-order valence-electron chi connectivity index (χ4n) is 3.45. The zero-order chi connectivity index (χ0) is 14.0. The first-order chi connectivity index (χ1) is 9.01. The Labute approximate surface area is 116 Å². The van der Waals surface area contributed by atoms with Crippen LogP contribution < -0.4 is 0 Å². The van der Waals surface area contributed by atoms with E-state index in [1.54, 1.807) is 0 Å². The van der Waals surface area contributed by atoms with Crippen molar-refractivity contribution in [3.8, 4) is 0 Å². The summed E-state index contributed by atoms with van der Waals surface area (Å²) in [6.07, 6.45) is 1.90. The minimum Gasteiger partial charge on any atom is -0.393 e. The van der Waals surface area contributed by atoms with Crippen LogP contribution in [0.3, 0.4) is 0 Å². The van der Waals surface area contributed by atoms with Gasteiger partial charge in [-0.05, 0) is 32.6 Å². The molecule has 1 saturated carbocycles. The fourth-order valence-corrected chi connectivity index (χ4v) is 3.45. The number of hydrogen-bond acceptors (Lipinski definition) is 3. The molecule has 0 aromatic heterocycles. The van der Waals surface area contributed by atoms with E-state index in [0.29, 0.717) is 24.9 Å². The number of hydrogen-bond donors (Lipinski definition) is 1. The largest absolute Gasteiger partial charge is 0.393 e. The number of likely N-dealkylation sites (tertiary alicyclic amines) is 1. The summed E-state index contributed by atoms with van der Waals surface area (Å²) < 4.78 is 0. The van der Waals surface area contributed by atoms with E-state index in [-0.39, 0.29) is 12.0 Å². The van der Waals surface area contributed by atoms with Crippen LogP contribution in [0.4, 0.5) is 0 Å². The highest BCUT2D eigenvalue weighted by atomic mass is 16.3. The maximum Gasteiger partial charge on any atom is 0.237 e. The van der Waals surface area contributed by atoms with Crippen LogP contribution >= 0.6 is 0 Å². The van der Waals surface area contributed by atoms with Gasteiger partial charge in [0.1, 0.15) is 0 Å². The number of carbonyl (C=O) groups excluding carboxylic acids is 1. The third kappa shape index (κ3) is 3.37. The third-order valence-corrected chi connectivity index (χ3v) is 4.45. The summed E-state index contributed by atoms with van der Waals surface area (Å²) in [6, 6.07) is 0. The SMILES string of the molecule is C=C(C)CN(CC)C(=O)CN1CC2CCC(O)C2C1. The van der Waals surface area contributed by atoms with Gasteiger partial charge in [0.25, 0.3) is 0 Å². The molecule has 2 fully saturated rings. The number of aliphatic hydroxyl groups is 1. The number of fused-ring (bicyclic) bond motifs is 1. The molecule has 1 aliphatic heterocycles. The lowest BCUT2D eigenvalue weighted by Crippen LogP contribution is -2.40. The van der Waals surface area contributed by atoms with Crippen molar-refractivity contribution in [1.82, 2.24) is 9.80 Å². The molecule has 4 heteroatoms. The maximum absolute atomic E-state index is 12.2. The molecule has 1 heterocycles. The summed E-state index contributed by atoms with van der Waals surface area (Å²) in [5.74, 6) is 1.17. The Morgan fingerprint density at radius 1 is 1.42 bits per heavy atom. The first-order valence-corrected chi connectivity index (χ1v) is 7.33. The molecule has 1 saturated heterocycles. The first kappa shape index (κ1) is 14.5. The topological polar surface area (TPSA) is 43.8 Å². The Bertz CT molecular complexity index is 356. The zero-order valence-corrected chi connectivity index (χ0v) is 12.1. The molecular weight excluding hydrogens is 240 g/mol. The Kier molecular flexibility index (Phi) is 4.63. The van der Waals surface area contributed by atoms with Crippen molar-refractivity contribution >= 4 is 5.91 Å². The van der Waals surface area contributed by atoms with Gasteiger partial charge in [0.15, 0.2) is 0 Å². The van der Waals surface area contributed by atoms with Crippen molar-refractivity contribution < 1.29 is 9.90 Å². The molecule has 0 radical (unpaired) electrons. The minimum absolute atomic E-state index is 0.150. The quantitative estimate of drug-likeness (QED) is 0.758. The van der Waals surface area contributed by atoms with Gasteiger partial charge >= 0.3 is 0 Å². The van der Waals surface area contributed by atoms with E-state index in [2.05, 4.69) is 11.5 Å². The summed E-state index contributed by atoms with van der Waals surface area (Å²) in [6.45, 7) is 11.5. The number of nitrogens with zero attached hydrogens (tertiary/aromatic N) is 2. The van der Waals surface area contributed by atoms with Crippen LogP contribution in [0.2, 0.25) is 0 Å². The Hall–Kier alpha value is -0.870. The average molecular weight is 266 g/mol. The van der Waals surface area contributed by atoms with Crippen molar-refractivity contribution in [3.63, 3.8) is 0 Å². The summed E-state index contributed by atoms with van der Waals surface area (Å²) in [7, 11) is 0. The van der Waals surface area contributed by atoms with E-state index in [1.165, 1.54) is 0 Å². The van der Waals surface area contributed by atoms with Gasteiger partial charge in [-0.3, -0.25) is 9.69 Å². The second-order valence-corrected chi connectivity index (χ2v) is 6.13. The van der Waals surface area contributed by atoms with Crippen molar-refractivity contribution in [2.24, 2.45) is 11.8 Å². The molecule has 0 bridgehead atoms. The second kappa shape index (κ2) is 6.06. The van der Waals surface area contributed by atoms with Crippen LogP contribution in [-0.4, -0.2) is 59.6 Å². The molecule has 3 atom stereocenters. The highest BCUT2D eigenvalue weighted by Gasteiger charge is 2.42. The van der Waals surface area contributed by atoms with Gasteiger partial charge in [-0.15, -0.1) is 0 Å². The predicted molar refractivity (Wildman–Crippen MR) is 75.7 cm³/mol. The van der Waals surface area contributed by atoms with Crippen LogP contribution in [0.1, 0.15) is 26.7 Å². The molecule has 1 N–H and O–H groups in total. The lowest BCUT2D eigenvalue weighted by Gasteiger charge is -2.25. The van der Waals surface area contributed by atoms with Gasteiger partial charge < -0.3 is 10.0 Å². The minimum atomic E-state index is -0.150. The second-order valence-electron chi connectivity index (χ2n) is 6.13. The number of amides is 1. The highest BCUT2D eigenvalue weighted by molar-refractivity contribution is 5.78. The maximum atomic E-state index is 12.2. The Balaban J connectivity index is 1.84. The monoisotopic (exact) mass is 266 g/mol. The Morgan fingerprint density at radius 3 is 2.74 bits per heavy atom. The summed E-state index contributed by atoms with van der Waals surface area (Å²) in [4.78, 5) is 16.3. The predicted octanol–water partition coefficient (Wildman–Crippen LogP) is 1.11. The van der Waals surface area contributed by atoms with Crippen molar-refractivity contribution in [2.75, 3.05) is 32.7 Å². The van der Waals surface area contributed by atoms with Gasteiger partial charge in [0.2, 0.25) is 5.91 Å². The van der Waals surface area contributed by atoms with Gasteiger partial charge in [0, 0.05) is 32.1 Å². The van der Waals surface area contributed by atoms with Crippen LogP contribution in [0.25, 0.3) is 0 Å². The van der Waals surface area contributed by atoms with Crippen LogP contribution in [0, 0.1) is 11.8 Å². The van der Waals surface area contributed by atoms with Crippen LogP contribution in [0.15, 0.2) is 12.2 Å². The third-order valence-electron chi connectivity index (χ3n) is 4.45. The summed E-state index contributed by atoms with van der Waals surface area (Å²) in [5, 5.41) is 9.89. The zero-order valence-electron chi connectivity index (χ0n) is 12.1. The van der Waals surface area contributed by atoms with Gasteiger partial charge in [-0.2, -0.15) is 0 Å².